The summed E-state index contributed by atoms with van der Waals surface area (Å²) < 4.78 is 58.9. The molecule has 1 aromatic carbocycles. The number of nitrogens with one attached hydrogen (secondary N) is 1. The van der Waals surface area contributed by atoms with Crippen LogP contribution in [-0.2, 0) is 10.0 Å². The first-order chi connectivity index (χ1) is 18.7. The van der Waals surface area contributed by atoms with Crippen LogP contribution in [0.3, 0.4) is 0 Å². The van der Waals surface area contributed by atoms with E-state index in [0.29, 0.717) is 43.9 Å². The van der Waals surface area contributed by atoms with Crippen molar-refractivity contribution in [2.24, 2.45) is 0 Å². The first-order valence-corrected chi connectivity index (χ1v) is 15.0. The maximum atomic E-state index is 14.4. The Balaban J connectivity index is 1.21. The van der Waals surface area contributed by atoms with E-state index in [2.05, 4.69) is 15.2 Å². The summed E-state index contributed by atoms with van der Waals surface area (Å²) in [6.45, 7) is 2.21. The monoisotopic (exact) mass is 559 g/mol. The van der Waals surface area contributed by atoms with Gasteiger partial charge in [0.2, 0.25) is 10.0 Å². The molecule has 0 saturated carbocycles. The van der Waals surface area contributed by atoms with Crippen LogP contribution in [0.25, 0.3) is 10.8 Å². The van der Waals surface area contributed by atoms with Gasteiger partial charge < -0.3 is 15.2 Å². The lowest BCUT2D eigenvalue weighted by Gasteiger charge is -2.35. The number of β-amino-alcohol motifs (C(OH)–C–C–N with tert-alkyl or cyclic N) is 1. The van der Waals surface area contributed by atoms with Crippen LogP contribution in [0.4, 0.5) is 14.6 Å². The van der Waals surface area contributed by atoms with Crippen molar-refractivity contribution < 1.29 is 27.0 Å². The SMILES string of the molecule is CS(=O)(=O)N1CC[C@@H](Nc2cc3c([C@@H]4CCN([C@H]5CCOc6c(F)cc(F)cc65)C4)nccc3cn2)[C@H](O)C1. The Morgan fingerprint density at radius 3 is 2.74 bits per heavy atom. The quantitative estimate of drug-likeness (QED) is 0.491. The fourth-order valence-corrected chi connectivity index (χ4v) is 7.00. The smallest absolute Gasteiger partial charge is 0.211 e. The molecule has 0 aliphatic carbocycles. The van der Waals surface area contributed by atoms with Crippen LogP contribution in [0.5, 0.6) is 5.75 Å². The number of anilines is 1. The van der Waals surface area contributed by atoms with Gasteiger partial charge >= 0.3 is 0 Å². The van der Waals surface area contributed by atoms with Gasteiger partial charge in [0, 0.05) is 72.8 Å². The van der Waals surface area contributed by atoms with Gasteiger partial charge in [-0.1, -0.05) is 0 Å². The normalized spacial score (nSPS) is 26.4. The Bertz CT molecular complexity index is 1510. The third-order valence-corrected chi connectivity index (χ3v) is 9.38. The lowest BCUT2D eigenvalue weighted by atomic mass is 9.97. The van der Waals surface area contributed by atoms with Gasteiger partial charge in [0.15, 0.2) is 11.6 Å². The molecule has 0 spiro atoms. The second kappa shape index (κ2) is 10.2. The largest absolute Gasteiger partial charge is 0.490 e. The fourth-order valence-electron chi connectivity index (χ4n) is 6.14. The van der Waals surface area contributed by atoms with E-state index in [1.54, 1.807) is 12.4 Å². The Morgan fingerprint density at radius 1 is 1.10 bits per heavy atom. The highest BCUT2D eigenvalue weighted by Gasteiger charge is 2.36. The number of ether oxygens (including phenoxy) is 1. The van der Waals surface area contributed by atoms with Crippen molar-refractivity contribution in [2.75, 3.05) is 44.4 Å². The van der Waals surface area contributed by atoms with Crippen molar-refractivity contribution in [3.05, 3.63) is 59.6 Å². The Labute approximate surface area is 225 Å². The molecule has 3 aliphatic heterocycles. The van der Waals surface area contributed by atoms with Crippen LogP contribution in [-0.4, -0.2) is 83.9 Å². The molecule has 208 valence electrons. The summed E-state index contributed by atoms with van der Waals surface area (Å²) in [6, 6.07) is 5.62. The number of aliphatic hydroxyl groups excluding tert-OH is 1. The van der Waals surface area contributed by atoms with Gasteiger partial charge in [-0.25, -0.2) is 22.2 Å². The van der Waals surface area contributed by atoms with Crippen molar-refractivity contribution in [1.82, 2.24) is 19.2 Å². The van der Waals surface area contributed by atoms with Gasteiger partial charge in [0.25, 0.3) is 0 Å². The highest BCUT2D eigenvalue weighted by Crippen LogP contribution is 2.42. The molecule has 5 heterocycles. The van der Waals surface area contributed by atoms with E-state index in [9.17, 15) is 22.3 Å². The number of piperidine rings is 1. The summed E-state index contributed by atoms with van der Waals surface area (Å²) in [5, 5.41) is 15.8. The van der Waals surface area contributed by atoms with Gasteiger partial charge in [-0.05, 0) is 37.6 Å². The third-order valence-electron chi connectivity index (χ3n) is 8.11. The molecule has 39 heavy (non-hydrogen) atoms. The Hall–Kier alpha value is -2.93. The van der Waals surface area contributed by atoms with Gasteiger partial charge in [-0.3, -0.25) is 9.88 Å². The van der Waals surface area contributed by atoms with E-state index < -0.39 is 27.8 Å². The number of sulfonamides is 1. The van der Waals surface area contributed by atoms with E-state index >= 15 is 0 Å². The topological polar surface area (TPSA) is 108 Å². The summed E-state index contributed by atoms with van der Waals surface area (Å²) in [7, 11) is -3.36. The fraction of sp³-hybridized carbons (Fsp3) is 0.481. The molecule has 0 amide bonds. The Kier molecular flexibility index (Phi) is 6.90. The molecule has 3 aliphatic rings. The molecule has 12 heteroatoms. The summed E-state index contributed by atoms with van der Waals surface area (Å²) >= 11 is 0. The number of aliphatic hydroxyl groups is 1. The van der Waals surface area contributed by atoms with Gasteiger partial charge in [-0.2, -0.15) is 4.31 Å². The number of halogens is 2. The summed E-state index contributed by atoms with van der Waals surface area (Å²) in [6.07, 6.45) is 5.80. The van der Waals surface area contributed by atoms with Gasteiger partial charge in [0.1, 0.15) is 11.6 Å². The molecule has 2 fully saturated rings. The van der Waals surface area contributed by atoms with Crippen LogP contribution < -0.4 is 10.1 Å². The molecule has 2 N–H and O–H groups in total. The van der Waals surface area contributed by atoms with E-state index in [0.717, 1.165) is 41.8 Å². The van der Waals surface area contributed by atoms with Crippen LogP contribution in [0.15, 0.2) is 36.7 Å². The molecular formula is C27H31F2N5O4S. The number of rotatable bonds is 5. The third kappa shape index (κ3) is 5.18. The van der Waals surface area contributed by atoms with Crippen molar-refractivity contribution in [1.29, 1.82) is 0 Å². The number of likely N-dealkylation sites (tertiary alicyclic amines) is 1. The molecule has 2 aromatic heterocycles. The van der Waals surface area contributed by atoms with E-state index in [1.165, 1.54) is 10.4 Å². The molecule has 0 bridgehead atoms. The van der Waals surface area contributed by atoms with Crippen LogP contribution in [0.2, 0.25) is 0 Å². The zero-order valence-electron chi connectivity index (χ0n) is 21.6. The minimum atomic E-state index is -3.36. The first-order valence-electron chi connectivity index (χ1n) is 13.2. The van der Waals surface area contributed by atoms with Crippen LogP contribution in [0.1, 0.15) is 42.5 Å². The predicted octanol–water partition coefficient (Wildman–Crippen LogP) is 3.03. The lowest BCUT2D eigenvalue weighted by Crippen LogP contribution is -2.51. The second-order valence-electron chi connectivity index (χ2n) is 10.7. The van der Waals surface area contributed by atoms with E-state index in [-0.39, 0.29) is 30.3 Å². The lowest BCUT2D eigenvalue weighted by molar-refractivity contribution is 0.0952. The number of hydrogen-bond acceptors (Lipinski definition) is 8. The molecule has 6 rings (SSSR count). The molecule has 2 saturated heterocycles. The zero-order valence-corrected chi connectivity index (χ0v) is 22.4. The maximum Gasteiger partial charge on any atom is 0.211 e. The maximum absolute atomic E-state index is 14.4. The summed E-state index contributed by atoms with van der Waals surface area (Å²) in [5.41, 5.74) is 1.49. The standard InChI is InChI=1S/C27H31F2N5O4S/c1-39(36,37)34-8-4-22(24(35)15-34)32-25-12-19-16(13-31-25)2-6-30-26(19)17-3-7-33(14-17)23-5-9-38-27-20(23)10-18(28)11-21(27)29/h2,6,10-13,17,22-24,35H,3-5,7-9,14-15H2,1H3,(H,31,32)/t17-,22-,23+,24-/m1/s1. The van der Waals surface area contributed by atoms with Crippen molar-refractivity contribution in [3.8, 4) is 5.75 Å². The summed E-state index contributed by atoms with van der Waals surface area (Å²) in [4.78, 5) is 11.5. The van der Waals surface area contributed by atoms with Crippen molar-refractivity contribution in [3.63, 3.8) is 0 Å². The van der Waals surface area contributed by atoms with E-state index in [4.69, 9.17) is 9.72 Å². The number of benzene rings is 1. The molecule has 9 nitrogen and oxygen atoms in total. The minimum Gasteiger partial charge on any atom is -0.490 e. The highest BCUT2D eigenvalue weighted by atomic mass is 32.2. The predicted molar refractivity (Wildman–Crippen MR) is 142 cm³/mol. The minimum absolute atomic E-state index is 0.0396. The highest BCUT2D eigenvalue weighted by molar-refractivity contribution is 7.88. The molecule has 0 unspecified atom stereocenters. The number of fused-ring (bicyclic) bond motifs is 2. The van der Waals surface area contributed by atoms with E-state index in [1.807, 2.05) is 12.1 Å². The number of aromatic nitrogens is 2. The zero-order chi connectivity index (χ0) is 27.3. The molecule has 0 radical (unpaired) electrons. The average molecular weight is 560 g/mol. The van der Waals surface area contributed by atoms with Gasteiger partial charge in [-0.15, -0.1) is 0 Å². The van der Waals surface area contributed by atoms with Crippen molar-refractivity contribution >= 4 is 26.6 Å². The average Bonchev–Trinajstić information content (AvgIpc) is 3.38. The molecule has 4 atom stereocenters. The number of pyridine rings is 2. The molecule has 3 aromatic rings. The Morgan fingerprint density at radius 2 is 1.95 bits per heavy atom. The second-order valence-corrected chi connectivity index (χ2v) is 12.6. The first kappa shape index (κ1) is 26.3. The molecular weight excluding hydrogens is 528 g/mol. The van der Waals surface area contributed by atoms with Crippen molar-refractivity contribution in [2.45, 2.75) is 43.4 Å². The number of nitrogens with zero attached hydrogens (tertiary/aromatic N) is 4. The summed E-state index contributed by atoms with van der Waals surface area (Å²) in [5.74, 6) is -0.413. The van der Waals surface area contributed by atoms with Crippen LogP contribution in [0, 0.1) is 11.6 Å². The van der Waals surface area contributed by atoms with Crippen LogP contribution >= 0.6 is 0 Å². The van der Waals surface area contributed by atoms with Gasteiger partial charge in [0.05, 0.1) is 30.7 Å². The number of hydrogen-bond donors (Lipinski definition) is 2.